The predicted octanol–water partition coefficient (Wildman–Crippen LogP) is 2.77. The van der Waals surface area contributed by atoms with Gasteiger partial charge in [0.15, 0.2) is 0 Å². The van der Waals surface area contributed by atoms with Crippen molar-refractivity contribution in [3.8, 4) is 5.75 Å². The first-order valence-corrected chi connectivity index (χ1v) is 13.2. The molecule has 1 aromatic heterocycles. The number of piperidine rings is 1. The van der Waals surface area contributed by atoms with E-state index in [1.165, 1.54) is 16.7 Å². The van der Waals surface area contributed by atoms with Crippen LogP contribution in [0.2, 0.25) is 0 Å². The molecule has 3 heterocycles. The molecule has 6 nitrogen and oxygen atoms in total. The van der Waals surface area contributed by atoms with Gasteiger partial charge in [0.2, 0.25) is 10.0 Å². The van der Waals surface area contributed by atoms with Gasteiger partial charge >= 0.3 is 0 Å². The number of likely N-dealkylation sites (tertiary alicyclic amines) is 2. The number of hydrogen-bond donors (Lipinski definition) is 1. The fraction of sp³-hybridized carbons (Fsp3) is 0.545. The molecule has 0 aliphatic carbocycles. The zero-order valence-electron chi connectivity index (χ0n) is 17.7. The van der Waals surface area contributed by atoms with Crippen LogP contribution in [0.5, 0.6) is 5.75 Å². The molecule has 2 aliphatic heterocycles. The molecule has 30 heavy (non-hydrogen) atoms. The van der Waals surface area contributed by atoms with E-state index in [0.29, 0.717) is 0 Å². The summed E-state index contributed by atoms with van der Waals surface area (Å²) in [6.45, 7) is 5.57. The van der Waals surface area contributed by atoms with Crippen molar-refractivity contribution in [3.63, 3.8) is 0 Å². The summed E-state index contributed by atoms with van der Waals surface area (Å²) >= 11 is 1.79. The Morgan fingerprint density at radius 2 is 1.87 bits per heavy atom. The van der Waals surface area contributed by atoms with E-state index in [4.69, 9.17) is 4.74 Å². The van der Waals surface area contributed by atoms with Gasteiger partial charge < -0.3 is 4.74 Å². The highest BCUT2D eigenvalue weighted by atomic mass is 32.2. The van der Waals surface area contributed by atoms with Crippen molar-refractivity contribution < 1.29 is 13.2 Å². The van der Waals surface area contributed by atoms with Gasteiger partial charge in [-0.2, -0.15) is 0 Å². The first-order valence-electron chi connectivity index (χ1n) is 10.4. The lowest BCUT2D eigenvalue weighted by Crippen LogP contribution is -2.58. The summed E-state index contributed by atoms with van der Waals surface area (Å²) in [5.41, 5.74) is 1.21. The van der Waals surface area contributed by atoms with E-state index in [9.17, 15) is 8.42 Å². The highest BCUT2D eigenvalue weighted by Crippen LogP contribution is 2.40. The maximum atomic E-state index is 12.1. The molecule has 1 N–H and O–H groups in total. The van der Waals surface area contributed by atoms with E-state index in [-0.39, 0.29) is 11.5 Å². The average Bonchev–Trinajstić information content (AvgIpc) is 3.35. The minimum Gasteiger partial charge on any atom is -0.497 e. The van der Waals surface area contributed by atoms with Crippen LogP contribution in [0.4, 0.5) is 0 Å². The van der Waals surface area contributed by atoms with Crippen LogP contribution in [0.15, 0.2) is 41.8 Å². The summed E-state index contributed by atoms with van der Waals surface area (Å²) in [6, 6.07) is 12.5. The van der Waals surface area contributed by atoms with Crippen molar-refractivity contribution in [2.45, 2.75) is 32.0 Å². The number of hydrogen-bond acceptors (Lipinski definition) is 6. The minimum absolute atomic E-state index is 0.00652. The Morgan fingerprint density at radius 1 is 1.13 bits per heavy atom. The summed E-state index contributed by atoms with van der Waals surface area (Å²) < 4.78 is 32.4. The number of sulfonamides is 1. The predicted molar refractivity (Wildman–Crippen MR) is 121 cm³/mol. The van der Waals surface area contributed by atoms with Crippen LogP contribution < -0.4 is 9.46 Å². The van der Waals surface area contributed by atoms with Crippen LogP contribution in [0, 0.1) is 5.41 Å². The van der Waals surface area contributed by atoms with Gasteiger partial charge in [0.05, 0.1) is 13.4 Å². The maximum absolute atomic E-state index is 12.1. The van der Waals surface area contributed by atoms with Crippen LogP contribution >= 0.6 is 11.3 Å². The van der Waals surface area contributed by atoms with Crippen LogP contribution in [0.1, 0.15) is 23.3 Å². The van der Waals surface area contributed by atoms with Crippen molar-refractivity contribution in [2.75, 3.05) is 39.5 Å². The Bertz CT molecular complexity index is 931. The lowest BCUT2D eigenvalue weighted by molar-refractivity contribution is 0.0594. The first kappa shape index (κ1) is 21.8. The van der Waals surface area contributed by atoms with Crippen molar-refractivity contribution in [1.82, 2.24) is 14.5 Å². The third-order valence-corrected chi connectivity index (χ3v) is 7.93. The molecule has 1 aromatic carbocycles. The maximum Gasteiger partial charge on any atom is 0.208 e. The summed E-state index contributed by atoms with van der Waals surface area (Å²) in [4.78, 5) is 6.34. The summed E-state index contributed by atoms with van der Waals surface area (Å²) in [5.74, 6) is 0.867. The smallest absolute Gasteiger partial charge is 0.208 e. The molecule has 4 rings (SSSR count). The largest absolute Gasteiger partial charge is 0.497 e. The number of ether oxygens (including phenoxy) is 1. The van der Waals surface area contributed by atoms with Gasteiger partial charge in [0.25, 0.3) is 0 Å². The first-order chi connectivity index (χ1) is 14.4. The Labute approximate surface area is 183 Å². The van der Waals surface area contributed by atoms with Crippen molar-refractivity contribution in [1.29, 1.82) is 0 Å². The quantitative estimate of drug-likeness (QED) is 0.704. The summed E-state index contributed by atoms with van der Waals surface area (Å²) in [5, 5.41) is 2.12. The van der Waals surface area contributed by atoms with Gasteiger partial charge in [-0.15, -0.1) is 11.3 Å². The van der Waals surface area contributed by atoms with Crippen LogP contribution in [0.3, 0.4) is 0 Å². The van der Waals surface area contributed by atoms with E-state index in [2.05, 4.69) is 44.2 Å². The molecule has 2 atom stereocenters. The van der Waals surface area contributed by atoms with Gasteiger partial charge in [-0.05, 0) is 48.5 Å². The zero-order chi connectivity index (χ0) is 21.2. The normalized spacial score (nSPS) is 25.7. The molecule has 164 valence electrons. The minimum atomic E-state index is -3.24. The molecule has 8 heteroatoms. The number of thiophene rings is 1. The lowest BCUT2D eigenvalue weighted by atomic mass is 9.75. The Hall–Kier alpha value is -1.45. The third-order valence-electron chi connectivity index (χ3n) is 6.36. The number of nitrogens with zero attached hydrogens (tertiary/aromatic N) is 2. The summed E-state index contributed by atoms with van der Waals surface area (Å²) in [6.07, 6.45) is 3.14. The second-order valence-electron chi connectivity index (χ2n) is 8.69. The number of rotatable bonds is 7. The Morgan fingerprint density at radius 3 is 2.50 bits per heavy atom. The second kappa shape index (κ2) is 8.96. The number of methoxy groups -OCH3 is 1. The fourth-order valence-electron chi connectivity index (χ4n) is 4.97. The van der Waals surface area contributed by atoms with Crippen LogP contribution in [0.25, 0.3) is 0 Å². The Kier molecular flexibility index (Phi) is 6.50. The van der Waals surface area contributed by atoms with Gasteiger partial charge in [0.1, 0.15) is 5.75 Å². The van der Waals surface area contributed by atoms with E-state index in [1.54, 1.807) is 18.4 Å². The average molecular weight is 450 g/mol. The van der Waals surface area contributed by atoms with E-state index in [1.807, 2.05) is 12.1 Å². The van der Waals surface area contributed by atoms with E-state index >= 15 is 0 Å². The molecular weight excluding hydrogens is 418 g/mol. The number of nitrogens with one attached hydrogen (secondary N) is 1. The van der Waals surface area contributed by atoms with Crippen molar-refractivity contribution >= 4 is 21.4 Å². The number of benzene rings is 1. The highest BCUT2D eigenvalue weighted by Gasteiger charge is 2.48. The summed E-state index contributed by atoms with van der Waals surface area (Å²) in [7, 11) is -1.56. The molecule has 2 aromatic rings. The highest BCUT2D eigenvalue weighted by molar-refractivity contribution is 7.88. The second-order valence-corrected chi connectivity index (χ2v) is 11.5. The molecule has 0 saturated carbocycles. The molecule has 0 amide bonds. The monoisotopic (exact) mass is 449 g/mol. The van der Waals surface area contributed by atoms with Gasteiger partial charge in [0, 0.05) is 49.1 Å². The molecule has 2 aliphatic rings. The third kappa shape index (κ3) is 5.23. The van der Waals surface area contributed by atoms with Crippen LogP contribution in [-0.2, 0) is 23.1 Å². The molecular formula is C22H31N3O3S2. The van der Waals surface area contributed by atoms with Gasteiger partial charge in [-0.3, -0.25) is 9.80 Å². The van der Waals surface area contributed by atoms with Gasteiger partial charge in [-0.25, -0.2) is 13.1 Å². The molecule has 2 saturated heterocycles. The zero-order valence-corrected chi connectivity index (χ0v) is 19.3. The standard InChI is InChI=1S/C22H31N3O3S2/c1-28-19-7-5-18(6-8-19)14-24-11-9-21(23-30(2,26)27)22(16-24)10-12-25(17-22)15-20-4-3-13-29-20/h3-8,13,21,23H,9-12,14-17H2,1-2H3/t21-,22-/m1/s1. The van der Waals surface area contributed by atoms with Crippen molar-refractivity contribution in [3.05, 3.63) is 52.2 Å². The van der Waals surface area contributed by atoms with E-state index in [0.717, 1.165) is 57.9 Å². The fourth-order valence-corrected chi connectivity index (χ4v) is 6.61. The Balaban J connectivity index is 1.48. The van der Waals surface area contributed by atoms with E-state index < -0.39 is 10.0 Å². The molecule has 1 spiro atoms. The molecule has 0 radical (unpaired) electrons. The SMILES string of the molecule is COc1ccc(CN2CC[C@@H](NS(C)(=O)=O)[C@]3(CCN(Cc4cccs4)C3)C2)cc1. The lowest BCUT2D eigenvalue weighted by Gasteiger charge is -2.46. The van der Waals surface area contributed by atoms with Gasteiger partial charge in [-0.1, -0.05) is 18.2 Å². The topological polar surface area (TPSA) is 61.9 Å². The van der Waals surface area contributed by atoms with Crippen molar-refractivity contribution in [2.24, 2.45) is 5.41 Å². The molecule has 2 fully saturated rings. The van der Waals surface area contributed by atoms with Crippen LogP contribution in [-0.4, -0.2) is 63.8 Å². The molecule has 0 unspecified atom stereocenters. The molecule has 0 bridgehead atoms.